The summed E-state index contributed by atoms with van der Waals surface area (Å²) in [5.41, 5.74) is 1.76. The number of carbonyl (C=O) groups is 2. The van der Waals surface area contributed by atoms with Crippen molar-refractivity contribution in [3.63, 3.8) is 0 Å². The number of fused-ring (bicyclic) bond motifs is 1. The van der Waals surface area contributed by atoms with Gasteiger partial charge in [-0.15, -0.1) is 0 Å². The van der Waals surface area contributed by atoms with E-state index in [1.807, 2.05) is 12.1 Å². The Balaban J connectivity index is 1.63. The highest BCUT2D eigenvalue weighted by Gasteiger charge is 2.24. The molecule has 2 aromatic rings. The average Bonchev–Trinajstić information content (AvgIpc) is 2.75. The van der Waals surface area contributed by atoms with E-state index in [1.165, 1.54) is 19.2 Å². The molecule has 0 radical (unpaired) electrons. The zero-order valence-corrected chi connectivity index (χ0v) is 16.5. The number of nitrogens with zero attached hydrogens (tertiary/aromatic N) is 1. The van der Waals surface area contributed by atoms with Crippen molar-refractivity contribution in [2.45, 2.75) is 13.0 Å². The summed E-state index contributed by atoms with van der Waals surface area (Å²) in [5, 5.41) is 0. The maximum absolute atomic E-state index is 14.0. The third-order valence-corrected chi connectivity index (χ3v) is 4.79. The molecule has 0 fully saturated rings. The van der Waals surface area contributed by atoms with E-state index in [2.05, 4.69) is 0 Å². The smallest absolute Gasteiger partial charge is 0.341 e. The minimum Gasteiger partial charge on any atom is -0.497 e. The van der Waals surface area contributed by atoms with Gasteiger partial charge in [0, 0.05) is 19.2 Å². The summed E-state index contributed by atoms with van der Waals surface area (Å²) >= 11 is 0. The van der Waals surface area contributed by atoms with Crippen molar-refractivity contribution in [3.05, 3.63) is 52.8 Å². The Morgan fingerprint density at radius 1 is 1.00 bits per heavy atom. The molecule has 1 heterocycles. The molecule has 0 bridgehead atoms. The molecule has 3 rings (SSSR count). The van der Waals surface area contributed by atoms with E-state index in [1.54, 1.807) is 19.1 Å². The van der Waals surface area contributed by atoms with Crippen LogP contribution in [-0.2, 0) is 22.5 Å². The lowest BCUT2D eigenvalue weighted by Crippen LogP contribution is -2.38. The zero-order chi connectivity index (χ0) is 21.0. The van der Waals surface area contributed by atoms with Crippen LogP contribution < -0.4 is 14.2 Å². The lowest BCUT2D eigenvalue weighted by Gasteiger charge is -2.29. The highest BCUT2D eigenvalue weighted by Crippen LogP contribution is 2.33. The molecule has 0 saturated heterocycles. The van der Waals surface area contributed by atoms with Crippen LogP contribution in [0.15, 0.2) is 30.3 Å². The van der Waals surface area contributed by atoms with Crippen LogP contribution in [0.25, 0.3) is 0 Å². The number of halogens is 1. The minimum atomic E-state index is -0.901. The third kappa shape index (κ3) is 4.42. The number of carbonyl (C=O) groups excluding carboxylic acids is 2. The van der Waals surface area contributed by atoms with Crippen molar-refractivity contribution in [2.24, 2.45) is 0 Å². The van der Waals surface area contributed by atoms with Gasteiger partial charge < -0.3 is 23.8 Å². The second-order valence-corrected chi connectivity index (χ2v) is 6.46. The molecule has 2 aromatic carbocycles. The molecule has 7 nitrogen and oxygen atoms in total. The predicted octanol–water partition coefficient (Wildman–Crippen LogP) is 2.59. The van der Waals surface area contributed by atoms with Crippen LogP contribution in [0, 0.1) is 5.82 Å². The van der Waals surface area contributed by atoms with Gasteiger partial charge in [-0.3, -0.25) is 4.79 Å². The van der Waals surface area contributed by atoms with Gasteiger partial charge in [0.25, 0.3) is 5.91 Å². The standard InChI is InChI=1S/C21H22FNO6/c1-26-15-4-5-16(17(22)10-15)21(25)29-12-20(24)23-7-6-13-8-18(27-2)19(28-3)9-14(13)11-23/h4-5,8-10H,6-7,11-12H2,1-3H3. The molecule has 0 saturated carbocycles. The predicted molar refractivity (Wildman–Crippen MR) is 102 cm³/mol. The molecular formula is C21H22FNO6. The molecule has 0 spiro atoms. The van der Waals surface area contributed by atoms with Crippen molar-refractivity contribution in [1.29, 1.82) is 0 Å². The molecule has 0 N–H and O–H groups in total. The maximum atomic E-state index is 14.0. The fraction of sp³-hybridized carbons (Fsp3) is 0.333. The fourth-order valence-electron chi connectivity index (χ4n) is 3.18. The summed E-state index contributed by atoms with van der Waals surface area (Å²) in [6, 6.07) is 7.54. The SMILES string of the molecule is COc1ccc(C(=O)OCC(=O)N2CCc3cc(OC)c(OC)cc3C2)c(F)c1. The highest BCUT2D eigenvalue weighted by molar-refractivity contribution is 5.91. The molecule has 154 valence electrons. The quantitative estimate of drug-likeness (QED) is 0.691. The Bertz CT molecular complexity index is 930. The first-order valence-corrected chi connectivity index (χ1v) is 8.99. The van der Waals surface area contributed by atoms with E-state index in [0.717, 1.165) is 17.2 Å². The number of ether oxygens (including phenoxy) is 4. The van der Waals surface area contributed by atoms with Crippen molar-refractivity contribution in [1.82, 2.24) is 4.90 Å². The second-order valence-electron chi connectivity index (χ2n) is 6.46. The van der Waals surface area contributed by atoms with Crippen molar-refractivity contribution in [2.75, 3.05) is 34.5 Å². The van der Waals surface area contributed by atoms with Crippen LogP contribution >= 0.6 is 0 Å². The summed E-state index contributed by atoms with van der Waals surface area (Å²) in [6.07, 6.45) is 0.641. The van der Waals surface area contributed by atoms with Crippen molar-refractivity contribution < 1.29 is 32.9 Å². The van der Waals surface area contributed by atoms with Crippen LogP contribution in [0.1, 0.15) is 21.5 Å². The molecular weight excluding hydrogens is 381 g/mol. The number of esters is 1. The number of rotatable bonds is 6. The summed E-state index contributed by atoms with van der Waals surface area (Å²) < 4.78 is 34.5. The summed E-state index contributed by atoms with van der Waals surface area (Å²) in [4.78, 5) is 26.2. The Morgan fingerprint density at radius 3 is 2.31 bits per heavy atom. The van der Waals surface area contributed by atoms with Gasteiger partial charge >= 0.3 is 5.97 Å². The van der Waals surface area contributed by atoms with E-state index in [9.17, 15) is 14.0 Å². The van der Waals surface area contributed by atoms with Gasteiger partial charge in [0.1, 0.15) is 11.6 Å². The number of benzene rings is 2. The molecule has 8 heteroatoms. The van der Waals surface area contributed by atoms with Crippen LogP contribution in [0.3, 0.4) is 0 Å². The second kappa shape index (κ2) is 8.81. The van der Waals surface area contributed by atoms with Crippen molar-refractivity contribution in [3.8, 4) is 17.2 Å². The fourth-order valence-corrected chi connectivity index (χ4v) is 3.18. The van der Waals surface area contributed by atoms with E-state index in [0.29, 0.717) is 31.0 Å². The van der Waals surface area contributed by atoms with Gasteiger partial charge in [-0.05, 0) is 41.8 Å². The zero-order valence-electron chi connectivity index (χ0n) is 16.5. The van der Waals surface area contributed by atoms with Gasteiger partial charge in [0.05, 0.1) is 26.9 Å². The van der Waals surface area contributed by atoms with E-state index in [-0.39, 0.29) is 17.2 Å². The van der Waals surface area contributed by atoms with E-state index < -0.39 is 18.4 Å². The minimum absolute atomic E-state index is 0.251. The largest absolute Gasteiger partial charge is 0.497 e. The molecule has 29 heavy (non-hydrogen) atoms. The molecule has 0 aliphatic carbocycles. The monoisotopic (exact) mass is 403 g/mol. The average molecular weight is 403 g/mol. The van der Waals surface area contributed by atoms with Crippen molar-refractivity contribution >= 4 is 11.9 Å². The summed E-state index contributed by atoms with van der Waals surface area (Å²) in [5.74, 6) is -0.512. The van der Waals surface area contributed by atoms with Gasteiger partial charge in [0.2, 0.25) is 0 Å². The highest BCUT2D eigenvalue weighted by atomic mass is 19.1. The van der Waals surface area contributed by atoms with Crippen LogP contribution in [0.4, 0.5) is 4.39 Å². The van der Waals surface area contributed by atoms with Gasteiger partial charge in [0.15, 0.2) is 18.1 Å². The number of hydrogen-bond donors (Lipinski definition) is 0. The molecule has 1 amide bonds. The Labute approximate surface area is 167 Å². The van der Waals surface area contributed by atoms with Gasteiger partial charge in [-0.25, -0.2) is 9.18 Å². The molecule has 1 aliphatic heterocycles. The number of hydrogen-bond acceptors (Lipinski definition) is 6. The Hall–Kier alpha value is -3.29. The molecule has 0 aromatic heterocycles. The third-order valence-electron chi connectivity index (χ3n) is 4.79. The summed E-state index contributed by atoms with van der Waals surface area (Å²) in [6.45, 7) is 0.381. The Morgan fingerprint density at radius 2 is 1.69 bits per heavy atom. The molecule has 0 unspecified atom stereocenters. The van der Waals surface area contributed by atoms with Gasteiger partial charge in [-0.2, -0.15) is 0 Å². The van der Waals surface area contributed by atoms with E-state index >= 15 is 0 Å². The first-order chi connectivity index (χ1) is 14.0. The lowest BCUT2D eigenvalue weighted by atomic mass is 9.99. The number of methoxy groups -OCH3 is 3. The first kappa shape index (κ1) is 20.4. The Kier molecular flexibility index (Phi) is 6.21. The maximum Gasteiger partial charge on any atom is 0.341 e. The van der Waals surface area contributed by atoms with Crippen LogP contribution in [0.2, 0.25) is 0 Å². The number of amides is 1. The van der Waals surface area contributed by atoms with Crippen LogP contribution in [0.5, 0.6) is 17.2 Å². The first-order valence-electron chi connectivity index (χ1n) is 8.99. The normalized spacial score (nSPS) is 12.8. The topological polar surface area (TPSA) is 74.3 Å². The van der Waals surface area contributed by atoms with Gasteiger partial charge in [-0.1, -0.05) is 0 Å². The summed E-state index contributed by atoms with van der Waals surface area (Å²) in [7, 11) is 4.52. The molecule has 0 atom stereocenters. The lowest BCUT2D eigenvalue weighted by molar-refractivity contribution is -0.135. The van der Waals surface area contributed by atoms with E-state index in [4.69, 9.17) is 18.9 Å². The molecule has 1 aliphatic rings. The van der Waals surface area contributed by atoms with Crippen LogP contribution in [-0.4, -0.2) is 51.3 Å².